The third kappa shape index (κ3) is 4.62. The van der Waals surface area contributed by atoms with Crippen LogP contribution in [0.1, 0.15) is 45.3 Å². The summed E-state index contributed by atoms with van der Waals surface area (Å²) in [5.41, 5.74) is 3.82. The Balaban J connectivity index is 1.33. The van der Waals surface area contributed by atoms with Gasteiger partial charge in [0.2, 0.25) is 11.8 Å². The van der Waals surface area contributed by atoms with Gasteiger partial charge >= 0.3 is 0 Å². The fourth-order valence-electron chi connectivity index (χ4n) is 4.41. The van der Waals surface area contributed by atoms with E-state index in [2.05, 4.69) is 22.3 Å². The SMILES string of the molecule is [2H]C1([2H])C(=O)NC(=O)C(N2Cc3c(NCc4cccc(CN5CCOCC5)c4)cccc3C2=O)C1([2H])[2H]. The molecule has 2 aromatic carbocycles. The summed E-state index contributed by atoms with van der Waals surface area (Å²) in [4.78, 5) is 41.1. The fourth-order valence-corrected chi connectivity index (χ4v) is 4.41. The highest BCUT2D eigenvalue weighted by atomic mass is 16.5. The quantitative estimate of drug-likeness (QED) is 0.651. The number of morpholine rings is 1. The molecule has 3 amide bonds. The average molecular weight is 453 g/mol. The molecule has 1 atom stereocenters. The predicted octanol–water partition coefficient (Wildman–Crippen LogP) is 1.89. The maximum absolute atomic E-state index is 13.2. The molecule has 3 heterocycles. The number of hydrogen-bond donors (Lipinski definition) is 2. The van der Waals surface area contributed by atoms with Gasteiger partial charge in [-0.05, 0) is 29.6 Å². The van der Waals surface area contributed by atoms with Crippen LogP contribution in [0.25, 0.3) is 0 Å². The molecule has 0 bridgehead atoms. The van der Waals surface area contributed by atoms with E-state index < -0.39 is 36.5 Å². The van der Waals surface area contributed by atoms with Crippen molar-refractivity contribution in [2.45, 2.75) is 38.4 Å². The van der Waals surface area contributed by atoms with E-state index in [0.717, 1.165) is 43.3 Å². The van der Waals surface area contributed by atoms with Gasteiger partial charge in [0.15, 0.2) is 0 Å². The number of fused-ring (bicyclic) bond motifs is 1. The van der Waals surface area contributed by atoms with Gasteiger partial charge in [0, 0.05) is 61.4 Å². The number of amides is 3. The van der Waals surface area contributed by atoms with Crippen LogP contribution in [-0.2, 0) is 34.0 Å². The maximum atomic E-state index is 13.2. The standard InChI is InChI=1S/C25H28N4O4/c30-23-8-7-22(24(31)27-23)29-16-20-19(25(29)32)5-2-6-21(20)26-14-17-3-1-4-18(13-17)15-28-9-11-33-12-10-28/h1-6,13,22,26H,7-12,14-16H2,(H,27,30,31)/i7D2,8D2. The van der Waals surface area contributed by atoms with Crippen molar-refractivity contribution in [1.29, 1.82) is 0 Å². The number of carbonyl (C=O) groups is 3. The van der Waals surface area contributed by atoms with Crippen molar-refractivity contribution in [1.82, 2.24) is 15.1 Å². The van der Waals surface area contributed by atoms with Gasteiger partial charge in [0.1, 0.15) is 6.04 Å². The Morgan fingerprint density at radius 3 is 2.73 bits per heavy atom. The fraction of sp³-hybridized carbons (Fsp3) is 0.400. The smallest absolute Gasteiger partial charge is 0.255 e. The number of carbonyl (C=O) groups excluding carboxylic acids is 3. The van der Waals surface area contributed by atoms with E-state index in [1.54, 1.807) is 12.1 Å². The van der Waals surface area contributed by atoms with Crippen molar-refractivity contribution >= 4 is 23.4 Å². The molecule has 0 radical (unpaired) electrons. The first-order valence-corrected chi connectivity index (χ1v) is 11.0. The van der Waals surface area contributed by atoms with Gasteiger partial charge in [-0.15, -0.1) is 0 Å². The van der Waals surface area contributed by atoms with Crippen molar-refractivity contribution in [2.75, 3.05) is 31.6 Å². The zero-order chi connectivity index (χ0) is 26.4. The molecule has 1 unspecified atom stereocenters. The number of benzene rings is 2. The third-order valence-corrected chi connectivity index (χ3v) is 6.10. The molecule has 2 aromatic rings. The zero-order valence-corrected chi connectivity index (χ0v) is 18.1. The molecule has 0 spiro atoms. The van der Waals surface area contributed by atoms with Gasteiger partial charge in [-0.3, -0.25) is 24.6 Å². The van der Waals surface area contributed by atoms with Crippen molar-refractivity contribution in [3.8, 4) is 0 Å². The topological polar surface area (TPSA) is 91.0 Å². The molecule has 3 aliphatic rings. The Morgan fingerprint density at radius 2 is 1.88 bits per heavy atom. The van der Waals surface area contributed by atoms with Crippen LogP contribution in [0.2, 0.25) is 0 Å². The average Bonchev–Trinajstić information content (AvgIpc) is 3.19. The van der Waals surface area contributed by atoms with Crippen molar-refractivity contribution < 1.29 is 24.6 Å². The summed E-state index contributed by atoms with van der Waals surface area (Å²) in [6.07, 6.45) is -5.88. The minimum Gasteiger partial charge on any atom is -0.381 e. The molecule has 0 aliphatic carbocycles. The Hall–Kier alpha value is -3.23. The highest BCUT2D eigenvalue weighted by Crippen LogP contribution is 2.32. The lowest BCUT2D eigenvalue weighted by molar-refractivity contribution is -0.136. The van der Waals surface area contributed by atoms with E-state index in [0.29, 0.717) is 23.4 Å². The van der Waals surface area contributed by atoms with E-state index >= 15 is 0 Å². The number of rotatable bonds is 6. The first-order chi connectivity index (χ1) is 17.6. The van der Waals surface area contributed by atoms with Crippen LogP contribution in [0.15, 0.2) is 42.5 Å². The normalized spacial score (nSPS) is 26.0. The Bertz CT molecular complexity index is 1250. The summed E-state index contributed by atoms with van der Waals surface area (Å²) < 4.78 is 37.8. The summed E-state index contributed by atoms with van der Waals surface area (Å²) >= 11 is 0. The van der Waals surface area contributed by atoms with E-state index in [1.165, 1.54) is 5.56 Å². The zero-order valence-electron chi connectivity index (χ0n) is 22.1. The second kappa shape index (κ2) is 9.33. The van der Waals surface area contributed by atoms with Gasteiger partial charge in [-0.2, -0.15) is 0 Å². The number of hydrogen-bond acceptors (Lipinski definition) is 6. The summed E-state index contributed by atoms with van der Waals surface area (Å²) in [6, 6.07) is 11.6. The number of piperidine rings is 1. The largest absolute Gasteiger partial charge is 0.381 e. The van der Waals surface area contributed by atoms with Crippen LogP contribution in [-0.4, -0.2) is 59.9 Å². The molecule has 0 aromatic heterocycles. The highest BCUT2D eigenvalue weighted by molar-refractivity contribution is 6.06. The highest BCUT2D eigenvalue weighted by Gasteiger charge is 2.39. The minimum absolute atomic E-state index is 0.0870. The molecule has 8 heteroatoms. The number of nitrogens with zero attached hydrogens (tertiary/aromatic N) is 2. The van der Waals surface area contributed by atoms with Gasteiger partial charge in [-0.1, -0.05) is 30.3 Å². The molecule has 2 N–H and O–H groups in total. The van der Waals surface area contributed by atoms with Crippen LogP contribution in [0, 0.1) is 0 Å². The summed E-state index contributed by atoms with van der Waals surface area (Å²) in [6.45, 7) is 4.51. The second-order valence-electron chi connectivity index (χ2n) is 8.32. The number of nitrogens with one attached hydrogen (secondary N) is 2. The number of ether oxygens (including phenoxy) is 1. The number of anilines is 1. The molecule has 0 saturated carbocycles. The van der Waals surface area contributed by atoms with Gasteiger partial charge < -0.3 is 15.0 Å². The molecule has 2 saturated heterocycles. The second-order valence-corrected chi connectivity index (χ2v) is 8.32. The number of imide groups is 1. The monoisotopic (exact) mass is 452 g/mol. The molecular formula is C25H28N4O4. The lowest BCUT2D eigenvalue weighted by atomic mass is 10.0. The minimum atomic E-state index is -2.98. The summed E-state index contributed by atoms with van der Waals surface area (Å²) in [5.74, 6) is -2.96. The predicted molar refractivity (Wildman–Crippen MR) is 122 cm³/mol. The van der Waals surface area contributed by atoms with Crippen LogP contribution < -0.4 is 10.6 Å². The van der Waals surface area contributed by atoms with Crippen molar-refractivity contribution in [2.24, 2.45) is 0 Å². The first kappa shape index (κ1) is 17.3. The van der Waals surface area contributed by atoms with Crippen LogP contribution >= 0.6 is 0 Å². The van der Waals surface area contributed by atoms with Crippen LogP contribution in [0.5, 0.6) is 0 Å². The molecule has 8 nitrogen and oxygen atoms in total. The van der Waals surface area contributed by atoms with E-state index in [-0.39, 0.29) is 6.54 Å². The lowest BCUT2D eigenvalue weighted by Crippen LogP contribution is -2.52. The molecule has 172 valence electrons. The lowest BCUT2D eigenvalue weighted by Gasteiger charge is -2.29. The van der Waals surface area contributed by atoms with Gasteiger partial charge in [0.05, 0.1) is 13.2 Å². The van der Waals surface area contributed by atoms with Crippen molar-refractivity contribution in [3.05, 3.63) is 64.7 Å². The summed E-state index contributed by atoms with van der Waals surface area (Å²) in [5, 5.41) is 5.24. The van der Waals surface area contributed by atoms with Crippen LogP contribution in [0.3, 0.4) is 0 Å². The summed E-state index contributed by atoms with van der Waals surface area (Å²) in [7, 11) is 0. The Morgan fingerprint density at radius 1 is 1.09 bits per heavy atom. The molecule has 33 heavy (non-hydrogen) atoms. The van der Waals surface area contributed by atoms with E-state index in [4.69, 9.17) is 10.2 Å². The van der Waals surface area contributed by atoms with Crippen molar-refractivity contribution in [3.63, 3.8) is 0 Å². The van der Waals surface area contributed by atoms with Gasteiger partial charge in [-0.25, -0.2) is 0 Å². The van der Waals surface area contributed by atoms with E-state index in [1.807, 2.05) is 23.5 Å². The van der Waals surface area contributed by atoms with Gasteiger partial charge in [0.25, 0.3) is 5.91 Å². The van der Waals surface area contributed by atoms with E-state index in [9.17, 15) is 14.4 Å². The van der Waals surface area contributed by atoms with Crippen LogP contribution in [0.4, 0.5) is 5.69 Å². The molecule has 3 aliphatic heterocycles. The molecular weight excluding hydrogens is 420 g/mol. The maximum Gasteiger partial charge on any atom is 0.255 e. The first-order valence-electron chi connectivity index (χ1n) is 13.0. The Kier molecular flexibility index (Phi) is 4.88. The third-order valence-electron chi connectivity index (χ3n) is 6.10. The molecule has 5 rings (SSSR count). The molecule has 2 fully saturated rings. The Labute approximate surface area is 198 Å².